The highest BCUT2D eigenvalue weighted by atomic mass is 127. The summed E-state index contributed by atoms with van der Waals surface area (Å²) in [6, 6.07) is 11.1. The molecule has 1 aromatic rings. The third-order valence-corrected chi connectivity index (χ3v) is 6.97. The van der Waals surface area contributed by atoms with Crippen molar-refractivity contribution >= 4 is 41.7 Å². The normalized spacial score (nSPS) is 24.0. The lowest BCUT2D eigenvalue weighted by Crippen LogP contribution is -2.56. The zero-order valence-electron chi connectivity index (χ0n) is 17.9. The average Bonchev–Trinajstić information content (AvgIpc) is 3.22. The average molecular weight is 533 g/mol. The van der Waals surface area contributed by atoms with E-state index in [1.165, 1.54) is 23.5 Å². The molecule has 2 unspecified atom stereocenters. The molecule has 2 fully saturated rings. The number of nitrogens with one attached hydrogen (secondary N) is 2. The number of nitrogens with zero attached hydrogens (tertiary/aromatic N) is 2. The molecular formula is C22H37IN4OS. The first kappa shape index (κ1) is 24.8. The summed E-state index contributed by atoms with van der Waals surface area (Å²) < 4.78 is 5.58. The van der Waals surface area contributed by atoms with Crippen molar-refractivity contribution in [2.75, 3.05) is 50.9 Å². The van der Waals surface area contributed by atoms with Crippen LogP contribution in [0.15, 0.2) is 35.3 Å². The van der Waals surface area contributed by atoms with E-state index in [9.17, 15) is 0 Å². The van der Waals surface area contributed by atoms with E-state index in [1.807, 2.05) is 0 Å². The van der Waals surface area contributed by atoms with E-state index in [0.29, 0.717) is 6.04 Å². The van der Waals surface area contributed by atoms with Gasteiger partial charge in [-0.15, -0.1) is 24.0 Å². The molecule has 2 heterocycles. The Morgan fingerprint density at radius 1 is 1.28 bits per heavy atom. The lowest BCUT2D eigenvalue weighted by molar-refractivity contribution is -0.0104. The summed E-state index contributed by atoms with van der Waals surface area (Å²) in [5, 5.41) is 7.07. The second-order valence-electron chi connectivity index (χ2n) is 7.89. The number of halogens is 1. The monoisotopic (exact) mass is 532 g/mol. The lowest BCUT2D eigenvalue weighted by atomic mass is 9.96. The van der Waals surface area contributed by atoms with Crippen LogP contribution in [0, 0.1) is 0 Å². The number of guanidine groups is 1. The third kappa shape index (κ3) is 7.60. The maximum absolute atomic E-state index is 5.58. The predicted molar refractivity (Wildman–Crippen MR) is 136 cm³/mol. The Morgan fingerprint density at radius 2 is 2.03 bits per heavy atom. The van der Waals surface area contributed by atoms with Crippen LogP contribution in [0.2, 0.25) is 0 Å². The van der Waals surface area contributed by atoms with Gasteiger partial charge in [-0.1, -0.05) is 30.3 Å². The van der Waals surface area contributed by atoms with Crippen molar-refractivity contribution in [3.05, 3.63) is 35.9 Å². The topological polar surface area (TPSA) is 48.9 Å². The SMILES string of the molecule is CCNC(=NCC1(N2CCOCC2)CCSC1)NC(C)CCc1ccccc1.I. The van der Waals surface area contributed by atoms with Gasteiger partial charge in [0.05, 0.1) is 25.3 Å². The van der Waals surface area contributed by atoms with Crippen LogP contribution in [0.1, 0.15) is 32.3 Å². The molecule has 5 nitrogen and oxygen atoms in total. The third-order valence-electron chi connectivity index (χ3n) is 5.73. The Morgan fingerprint density at radius 3 is 2.69 bits per heavy atom. The molecule has 2 aliphatic heterocycles. The van der Waals surface area contributed by atoms with Crippen molar-refractivity contribution in [3.8, 4) is 0 Å². The van der Waals surface area contributed by atoms with Gasteiger partial charge in [-0.3, -0.25) is 9.89 Å². The molecule has 0 aromatic heterocycles. The molecule has 0 spiro atoms. The number of benzene rings is 1. The molecule has 0 saturated carbocycles. The van der Waals surface area contributed by atoms with E-state index in [0.717, 1.165) is 58.2 Å². The molecule has 0 bridgehead atoms. The molecule has 164 valence electrons. The van der Waals surface area contributed by atoms with E-state index in [-0.39, 0.29) is 29.5 Å². The number of thioether (sulfide) groups is 1. The fourth-order valence-electron chi connectivity index (χ4n) is 3.99. The van der Waals surface area contributed by atoms with Gasteiger partial charge in [-0.2, -0.15) is 11.8 Å². The minimum absolute atomic E-state index is 0. The van der Waals surface area contributed by atoms with Crippen LogP contribution in [0.3, 0.4) is 0 Å². The first-order valence-electron chi connectivity index (χ1n) is 10.7. The van der Waals surface area contributed by atoms with Crippen molar-refractivity contribution in [2.45, 2.75) is 44.7 Å². The molecule has 3 rings (SSSR count). The minimum Gasteiger partial charge on any atom is -0.379 e. The summed E-state index contributed by atoms with van der Waals surface area (Å²) in [4.78, 5) is 7.66. The first-order chi connectivity index (χ1) is 13.7. The van der Waals surface area contributed by atoms with Gasteiger partial charge in [0.15, 0.2) is 5.96 Å². The molecule has 2 N–H and O–H groups in total. The van der Waals surface area contributed by atoms with Gasteiger partial charge in [-0.25, -0.2) is 0 Å². The van der Waals surface area contributed by atoms with Gasteiger partial charge in [0.25, 0.3) is 0 Å². The van der Waals surface area contributed by atoms with E-state index >= 15 is 0 Å². The van der Waals surface area contributed by atoms with Crippen LogP contribution in [-0.4, -0.2) is 73.3 Å². The predicted octanol–water partition coefficient (Wildman–Crippen LogP) is 3.39. The molecule has 0 radical (unpaired) electrons. The molecule has 2 saturated heterocycles. The largest absolute Gasteiger partial charge is 0.379 e. The molecule has 2 atom stereocenters. The maximum Gasteiger partial charge on any atom is 0.191 e. The van der Waals surface area contributed by atoms with Crippen LogP contribution in [0.5, 0.6) is 0 Å². The molecular weight excluding hydrogens is 495 g/mol. The van der Waals surface area contributed by atoms with Gasteiger partial charge in [-0.05, 0) is 44.4 Å². The highest BCUT2D eigenvalue weighted by Crippen LogP contribution is 2.34. The van der Waals surface area contributed by atoms with E-state index in [1.54, 1.807) is 0 Å². The zero-order chi connectivity index (χ0) is 19.7. The molecule has 0 aliphatic carbocycles. The number of aryl methyl sites for hydroxylation is 1. The molecule has 0 amide bonds. The van der Waals surface area contributed by atoms with Gasteiger partial charge in [0.1, 0.15) is 0 Å². The van der Waals surface area contributed by atoms with Crippen molar-refractivity contribution in [2.24, 2.45) is 4.99 Å². The first-order valence-corrected chi connectivity index (χ1v) is 11.9. The minimum atomic E-state index is 0. The Bertz CT molecular complexity index is 604. The lowest BCUT2D eigenvalue weighted by Gasteiger charge is -2.42. The summed E-state index contributed by atoms with van der Waals surface area (Å²) >= 11 is 2.07. The highest BCUT2D eigenvalue weighted by Gasteiger charge is 2.40. The second-order valence-corrected chi connectivity index (χ2v) is 9.00. The van der Waals surface area contributed by atoms with Crippen LogP contribution in [0.25, 0.3) is 0 Å². The zero-order valence-corrected chi connectivity index (χ0v) is 21.0. The van der Waals surface area contributed by atoms with E-state index in [2.05, 4.69) is 71.5 Å². The molecule has 1 aromatic carbocycles. The fraction of sp³-hybridized carbons (Fsp3) is 0.682. The summed E-state index contributed by atoms with van der Waals surface area (Å²) in [5.74, 6) is 3.37. The summed E-state index contributed by atoms with van der Waals surface area (Å²) in [6.45, 7) is 9.90. The smallest absolute Gasteiger partial charge is 0.191 e. The van der Waals surface area contributed by atoms with Crippen LogP contribution in [0.4, 0.5) is 0 Å². The summed E-state index contributed by atoms with van der Waals surface area (Å²) in [7, 11) is 0. The quantitative estimate of drug-likeness (QED) is 0.306. The number of aliphatic imine (C=N–C) groups is 1. The van der Waals surface area contributed by atoms with Crippen molar-refractivity contribution in [3.63, 3.8) is 0 Å². The fourth-order valence-corrected chi connectivity index (χ4v) is 5.45. The maximum atomic E-state index is 5.58. The van der Waals surface area contributed by atoms with Gasteiger partial charge in [0.2, 0.25) is 0 Å². The Hall–Kier alpha value is -0.510. The van der Waals surface area contributed by atoms with Crippen molar-refractivity contribution < 1.29 is 4.74 Å². The number of hydrogen-bond donors (Lipinski definition) is 2. The van der Waals surface area contributed by atoms with Crippen molar-refractivity contribution in [1.29, 1.82) is 0 Å². The highest BCUT2D eigenvalue weighted by molar-refractivity contribution is 14.0. The summed E-state index contributed by atoms with van der Waals surface area (Å²) in [5.41, 5.74) is 1.59. The van der Waals surface area contributed by atoms with Crippen molar-refractivity contribution in [1.82, 2.24) is 15.5 Å². The Balaban J connectivity index is 0.00000300. The number of morpholine rings is 1. The van der Waals surface area contributed by atoms with Gasteiger partial charge in [0, 0.05) is 31.4 Å². The van der Waals surface area contributed by atoms with Gasteiger partial charge >= 0.3 is 0 Å². The number of rotatable bonds is 8. The van der Waals surface area contributed by atoms with Gasteiger partial charge < -0.3 is 15.4 Å². The second kappa shape index (κ2) is 13.0. The summed E-state index contributed by atoms with van der Waals surface area (Å²) in [6.07, 6.45) is 3.41. The Kier molecular flexibility index (Phi) is 11.1. The van der Waals surface area contributed by atoms with Crippen LogP contribution >= 0.6 is 35.7 Å². The number of ether oxygens (including phenoxy) is 1. The standard InChI is InChI=1S/C22H36N4OS.HI/c1-3-23-21(25-19(2)9-10-20-7-5-4-6-8-20)24-17-22(11-16-28-18-22)26-12-14-27-15-13-26;/h4-8,19H,3,9-18H2,1-2H3,(H2,23,24,25);1H. The number of hydrogen-bond acceptors (Lipinski definition) is 4. The molecule has 29 heavy (non-hydrogen) atoms. The Labute approximate surface area is 197 Å². The van der Waals surface area contributed by atoms with E-state index in [4.69, 9.17) is 9.73 Å². The van der Waals surface area contributed by atoms with Crippen LogP contribution < -0.4 is 10.6 Å². The molecule has 2 aliphatic rings. The van der Waals surface area contributed by atoms with E-state index < -0.39 is 0 Å². The van der Waals surface area contributed by atoms with Crippen LogP contribution in [-0.2, 0) is 11.2 Å². The molecule has 7 heteroatoms.